The van der Waals surface area contributed by atoms with Gasteiger partial charge in [-0.15, -0.1) is 0 Å². The van der Waals surface area contributed by atoms with Gasteiger partial charge in [-0.3, -0.25) is 0 Å². The van der Waals surface area contributed by atoms with E-state index in [0.29, 0.717) is 0 Å². The fourth-order valence-corrected chi connectivity index (χ4v) is 1.34. The fourth-order valence-electron chi connectivity index (χ4n) is 0.789. The molecule has 65 valence electrons. The van der Waals surface area contributed by atoms with Crippen LogP contribution in [0.4, 0.5) is 0 Å². The average molecular weight is 171 g/mol. The molecular weight excluding hydrogens is 152 g/mol. The molecule has 0 bridgehead atoms. The van der Waals surface area contributed by atoms with Crippen LogP contribution in [0.25, 0.3) is 0 Å². The van der Waals surface area contributed by atoms with Gasteiger partial charge in [-0.1, -0.05) is 18.1 Å². The van der Waals surface area contributed by atoms with Gasteiger partial charge in [0.05, 0.1) is 0 Å². The van der Waals surface area contributed by atoms with E-state index in [1.54, 1.807) is 5.57 Å². The molecule has 0 spiro atoms. The molecule has 0 saturated carbocycles. The van der Waals surface area contributed by atoms with Gasteiger partial charge in [0.15, 0.2) is 0 Å². The first-order valence-electron chi connectivity index (χ1n) is 4.21. The van der Waals surface area contributed by atoms with Gasteiger partial charge in [-0.05, 0) is 39.4 Å². The normalized spacial score (nSPS) is 9.82. The molecule has 1 radical (unpaired) electrons. The van der Waals surface area contributed by atoms with Crippen molar-refractivity contribution in [2.75, 3.05) is 5.75 Å². The van der Waals surface area contributed by atoms with E-state index in [1.807, 2.05) is 11.8 Å². The highest BCUT2D eigenvalue weighted by Gasteiger charge is 1.92. The molecule has 0 atom stereocenters. The van der Waals surface area contributed by atoms with Crippen molar-refractivity contribution < 1.29 is 0 Å². The Hall–Kier alpha value is 0.0900. The molecule has 11 heavy (non-hydrogen) atoms. The molecule has 0 aromatic heterocycles. The third-order valence-electron chi connectivity index (χ3n) is 1.83. The lowest BCUT2D eigenvalue weighted by Gasteiger charge is -2.02. The highest BCUT2D eigenvalue weighted by Crippen LogP contribution is 2.13. The summed E-state index contributed by atoms with van der Waals surface area (Å²) in [6.07, 6.45) is 2.58. The van der Waals surface area contributed by atoms with Crippen LogP contribution in [-0.4, -0.2) is 5.75 Å². The van der Waals surface area contributed by atoms with E-state index in [0.717, 1.165) is 0 Å². The fraction of sp³-hybridized carbons (Fsp3) is 0.700. The summed E-state index contributed by atoms with van der Waals surface area (Å²) in [6.45, 7) is 8.71. The minimum Gasteiger partial charge on any atom is -0.158 e. The summed E-state index contributed by atoms with van der Waals surface area (Å²) < 4.78 is 0. The van der Waals surface area contributed by atoms with Crippen LogP contribution in [0.15, 0.2) is 11.1 Å². The Morgan fingerprint density at radius 3 is 2.36 bits per heavy atom. The zero-order valence-corrected chi connectivity index (χ0v) is 8.92. The minimum absolute atomic E-state index is 1.27. The van der Waals surface area contributed by atoms with Crippen LogP contribution in [0.2, 0.25) is 0 Å². The van der Waals surface area contributed by atoms with E-state index in [2.05, 4.69) is 33.4 Å². The Morgan fingerprint density at radius 1 is 1.27 bits per heavy atom. The van der Waals surface area contributed by atoms with Gasteiger partial charge >= 0.3 is 0 Å². The molecule has 0 nitrogen and oxygen atoms in total. The number of allylic oxidation sites excluding steroid dienone is 2. The second-order valence-corrected chi connectivity index (χ2v) is 4.20. The summed E-state index contributed by atoms with van der Waals surface area (Å²) in [6, 6.07) is 0. The van der Waals surface area contributed by atoms with Gasteiger partial charge in [0, 0.05) is 5.75 Å². The maximum atomic E-state index is 2.23. The van der Waals surface area contributed by atoms with E-state index >= 15 is 0 Å². The maximum absolute atomic E-state index is 2.23. The molecule has 0 saturated heterocycles. The molecule has 0 aliphatic carbocycles. The lowest BCUT2D eigenvalue weighted by atomic mass is 10.1. The van der Waals surface area contributed by atoms with Crippen molar-refractivity contribution in [3.63, 3.8) is 0 Å². The second kappa shape index (κ2) is 6.78. The lowest BCUT2D eigenvalue weighted by Crippen LogP contribution is -1.84. The monoisotopic (exact) mass is 171 g/mol. The Morgan fingerprint density at radius 2 is 1.91 bits per heavy atom. The summed E-state index contributed by atoms with van der Waals surface area (Å²) in [5.41, 5.74) is 3.04. The quantitative estimate of drug-likeness (QED) is 0.444. The van der Waals surface area contributed by atoms with Crippen LogP contribution in [0.1, 0.15) is 40.5 Å². The predicted molar refractivity (Wildman–Crippen MR) is 55.7 cm³/mol. The first-order valence-corrected chi connectivity index (χ1v) is 5.25. The summed E-state index contributed by atoms with van der Waals surface area (Å²) in [5.74, 6) is 3.43. The summed E-state index contributed by atoms with van der Waals surface area (Å²) in [4.78, 5) is 0. The smallest absolute Gasteiger partial charge is 0.0135 e. The van der Waals surface area contributed by atoms with Crippen molar-refractivity contribution in [1.82, 2.24) is 0 Å². The third-order valence-corrected chi connectivity index (χ3v) is 2.69. The molecule has 0 amide bonds. The molecule has 0 aliphatic rings. The van der Waals surface area contributed by atoms with Crippen molar-refractivity contribution in [3.8, 4) is 0 Å². The molecular formula is C10H19S. The molecule has 0 aliphatic heterocycles. The van der Waals surface area contributed by atoms with Gasteiger partial charge in [0.2, 0.25) is 0 Å². The average Bonchev–Trinajstić information content (AvgIpc) is 1.97. The van der Waals surface area contributed by atoms with Crippen LogP contribution >= 0.6 is 11.8 Å². The summed E-state index contributed by atoms with van der Waals surface area (Å²) in [7, 11) is 0. The third kappa shape index (κ3) is 6.49. The van der Waals surface area contributed by atoms with Crippen LogP contribution in [0, 0.1) is 5.75 Å². The van der Waals surface area contributed by atoms with Gasteiger partial charge in [-0.25, -0.2) is 0 Å². The molecule has 0 aromatic rings. The Balaban J connectivity index is 3.32. The zero-order chi connectivity index (χ0) is 8.69. The molecule has 0 rings (SSSR count). The number of thioether (sulfide) groups is 1. The van der Waals surface area contributed by atoms with Crippen molar-refractivity contribution in [1.29, 1.82) is 0 Å². The number of rotatable bonds is 5. The van der Waals surface area contributed by atoms with E-state index < -0.39 is 0 Å². The molecule has 0 heterocycles. The van der Waals surface area contributed by atoms with Crippen molar-refractivity contribution in [2.24, 2.45) is 0 Å². The predicted octanol–water partition coefficient (Wildman–Crippen LogP) is 4.04. The maximum Gasteiger partial charge on any atom is 0.0135 e. The van der Waals surface area contributed by atoms with Crippen LogP contribution in [-0.2, 0) is 0 Å². The first-order chi connectivity index (χ1) is 5.18. The topological polar surface area (TPSA) is 0 Å². The summed E-state index contributed by atoms with van der Waals surface area (Å²) in [5, 5.41) is 0. The molecule has 1 heteroatoms. The minimum atomic E-state index is 1.27. The van der Waals surface area contributed by atoms with E-state index in [9.17, 15) is 0 Å². The molecule has 0 unspecified atom stereocenters. The van der Waals surface area contributed by atoms with Crippen LogP contribution in [0.3, 0.4) is 0 Å². The van der Waals surface area contributed by atoms with Crippen molar-refractivity contribution in [3.05, 3.63) is 16.9 Å². The number of hydrogen-bond acceptors (Lipinski definition) is 1. The van der Waals surface area contributed by atoms with Crippen molar-refractivity contribution >= 4 is 11.8 Å². The van der Waals surface area contributed by atoms with Crippen LogP contribution < -0.4 is 0 Å². The van der Waals surface area contributed by atoms with Gasteiger partial charge in [-0.2, -0.15) is 11.8 Å². The first kappa shape index (κ1) is 11.1. The Bertz CT molecular complexity index is 121. The highest BCUT2D eigenvalue weighted by molar-refractivity contribution is 8.01. The van der Waals surface area contributed by atoms with E-state index in [4.69, 9.17) is 0 Å². The van der Waals surface area contributed by atoms with Gasteiger partial charge < -0.3 is 0 Å². The van der Waals surface area contributed by atoms with E-state index in [1.165, 1.54) is 24.2 Å². The zero-order valence-electron chi connectivity index (χ0n) is 8.11. The van der Waals surface area contributed by atoms with Crippen molar-refractivity contribution in [2.45, 2.75) is 40.5 Å². The second-order valence-electron chi connectivity index (χ2n) is 2.99. The standard InChI is InChI=1S/C10H19S/c1-5-11-8-6-7-10(4)9(2)3/h5H,6-8H2,1-4H3. The molecule has 0 fully saturated rings. The lowest BCUT2D eigenvalue weighted by molar-refractivity contribution is 0.900. The van der Waals surface area contributed by atoms with Gasteiger partial charge in [0.1, 0.15) is 0 Å². The van der Waals surface area contributed by atoms with Gasteiger partial charge in [0.25, 0.3) is 0 Å². The Labute approximate surface area is 75.5 Å². The van der Waals surface area contributed by atoms with E-state index in [-0.39, 0.29) is 0 Å². The SMILES string of the molecule is C[CH]SCCCC(C)=C(C)C. The van der Waals surface area contributed by atoms with Crippen LogP contribution in [0.5, 0.6) is 0 Å². The summed E-state index contributed by atoms with van der Waals surface area (Å²) >= 11 is 1.91. The number of hydrogen-bond donors (Lipinski definition) is 0. The highest BCUT2D eigenvalue weighted by atomic mass is 32.2. The Kier molecular flexibility index (Phi) is 6.83. The molecule has 0 aromatic carbocycles. The molecule has 0 N–H and O–H groups in total. The largest absolute Gasteiger partial charge is 0.158 e.